The average Bonchev–Trinajstić information content (AvgIpc) is 2.56. The van der Waals surface area contributed by atoms with Gasteiger partial charge in [-0.3, -0.25) is 14.7 Å². The van der Waals surface area contributed by atoms with Crippen molar-refractivity contribution in [3.8, 4) is 11.8 Å². The van der Waals surface area contributed by atoms with Gasteiger partial charge in [-0.25, -0.2) is 0 Å². The molecule has 6 heteroatoms. The molecule has 0 bridgehead atoms. The van der Waals surface area contributed by atoms with Crippen LogP contribution in [0.15, 0.2) is 18.5 Å². The zero-order valence-corrected chi connectivity index (χ0v) is 12.5. The predicted molar refractivity (Wildman–Crippen MR) is 78.0 cm³/mol. The summed E-state index contributed by atoms with van der Waals surface area (Å²) in [5.74, 6) is 0.451. The van der Waals surface area contributed by atoms with Gasteiger partial charge in [-0.1, -0.05) is 6.92 Å². The molecule has 6 nitrogen and oxygen atoms in total. The fraction of sp³-hybridized carbons (Fsp3) is 0.533. The van der Waals surface area contributed by atoms with Gasteiger partial charge in [-0.2, -0.15) is 5.26 Å². The molecule has 1 aliphatic rings. The van der Waals surface area contributed by atoms with E-state index in [2.05, 4.69) is 16.0 Å². The Kier molecular flexibility index (Phi) is 5.12. The number of methoxy groups -OCH3 is 1. The molecule has 1 aromatic heterocycles. The lowest BCUT2D eigenvalue weighted by Gasteiger charge is -2.36. The van der Waals surface area contributed by atoms with Crippen LogP contribution in [0.3, 0.4) is 0 Å². The summed E-state index contributed by atoms with van der Waals surface area (Å²) in [4.78, 5) is 20.4. The van der Waals surface area contributed by atoms with Crippen molar-refractivity contribution in [2.24, 2.45) is 0 Å². The molecule has 1 aromatic rings. The lowest BCUT2D eigenvalue weighted by molar-refractivity contribution is 0.0601. The van der Waals surface area contributed by atoms with E-state index < -0.39 is 0 Å². The number of hydrogen-bond donors (Lipinski definition) is 0. The summed E-state index contributed by atoms with van der Waals surface area (Å²) in [7, 11) is 1.53. The molecule has 0 saturated carbocycles. The third-order valence-corrected chi connectivity index (χ3v) is 3.81. The Morgan fingerprint density at radius 3 is 2.76 bits per heavy atom. The van der Waals surface area contributed by atoms with Gasteiger partial charge in [0.2, 0.25) is 0 Å². The fourth-order valence-corrected chi connectivity index (χ4v) is 2.56. The second-order valence-electron chi connectivity index (χ2n) is 4.96. The normalized spacial score (nSPS) is 17.1. The van der Waals surface area contributed by atoms with Crippen LogP contribution in [-0.2, 0) is 0 Å². The zero-order valence-electron chi connectivity index (χ0n) is 12.5. The van der Waals surface area contributed by atoms with E-state index in [4.69, 9.17) is 10.00 Å². The van der Waals surface area contributed by atoms with Crippen LogP contribution in [0, 0.1) is 11.3 Å². The number of carbonyl (C=O) groups excluding carboxylic acids is 1. The van der Waals surface area contributed by atoms with Crippen molar-refractivity contribution >= 4 is 5.91 Å². The highest BCUT2D eigenvalue weighted by molar-refractivity contribution is 5.96. The van der Waals surface area contributed by atoms with Crippen molar-refractivity contribution in [2.45, 2.75) is 19.4 Å². The first-order valence-electron chi connectivity index (χ1n) is 7.12. The summed E-state index contributed by atoms with van der Waals surface area (Å²) in [5, 5.41) is 9.10. The molecule has 0 aromatic carbocycles. The van der Waals surface area contributed by atoms with Gasteiger partial charge in [0.1, 0.15) is 5.75 Å². The van der Waals surface area contributed by atoms with Crippen LogP contribution >= 0.6 is 0 Å². The van der Waals surface area contributed by atoms with Gasteiger partial charge in [0.05, 0.1) is 31.0 Å². The largest absolute Gasteiger partial charge is 0.494 e. The minimum atomic E-state index is -0.0577. The first kappa shape index (κ1) is 15.3. The highest BCUT2D eigenvalue weighted by Crippen LogP contribution is 2.19. The van der Waals surface area contributed by atoms with Gasteiger partial charge in [0, 0.05) is 32.4 Å². The number of nitrogens with zero attached hydrogens (tertiary/aromatic N) is 4. The van der Waals surface area contributed by atoms with E-state index in [9.17, 15) is 4.79 Å². The summed E-state index contributed by atoms with van der Waals surface area (Å²) in [6, 6.07) is 3.93. The molecule has 0 aliphatic carbocycles. The summed E-state index contributed by atoms with van der Waals surface area (Å²) in [6.07, 6.45) is 3.95. The summed E-state index contributed by atoms with van der Waals surface area (Å²) in [6.45, 7) is 4.72. The molecule has 1 atom stereocenters. The lowest BCUT2D eigenvalue weighted by Crippen LogP contribution is -2.51. The maximum Gasteiger partial charge on any atom is 0.257 e. The molecule has 1 saturated heterocycles. The Morgan fingerprint density at radius 2 is 2.19 bits per heavy atom. The second-order valence-corrected chi connectivity index (χ2v) is 4.96. The van der Waals surface area contributed by atoms with Gasteiger partial charge in [0.15, 0.2) is 0 Å². The Balaban J connectivity index is 2.02. The molecule has 0 radical (unpaired) electrons. The molecule has 1 unspecified atom stereocenters. The zero-order chi connectivity index (χ0) is 15.2. The first-order chi connectivity index (χ1) is 10.2. The van der Waals surface area contributed by atoms with E-state index >= 15 is 0 Å². The number of pyridine rings is 1. The van der Waals surface area contributed by atoms with E-state index in [1.807, 2.05) is 6.92 Å². The number of amides is 1. The number of piperazine rings is 1. The maximum absolute atomic E-state index is 12.5. The van der Waals surface area contributed by atoms with Crippen LogP contribution in [0.5, 0.6) is 5.75 Å². The smallest absolute Gasteiger partial charge is 0.257 e. The van der Waals surface area contributed by atoms with E-state index in [0.717, 1.165) is 19.5 Å². The van der Waals surface area contributed by atoms with Crippen molar-refractivity contribution < 1.29 is 9.53 Å². The summed E-state index contributed by atoms with van der Waals surface area (Å²) >= 11 is 0. The summed E-state index contributed by atoms with van der Waals surface area (Å²) in [5.41, 5.74) is 0.535. The van der Waals surface area contributed by atoms with Crippen LogP contribution in [-0.4, -0.2) is 60.0 Å². The van der Waals surface area contributed by atoms with Crippen LogP contribution < -0.4 is 4.74 Å². The topological polar surface area (TPSA) is 69.5 Å². The van der Waals surface area contributed by atoms with Crippen LogP contribution in [0.1, 0.15) is 23.7 Å². The van der Waals surface area contributed by atoms with Crippen LogP contribution in [0.4, 0.5) is 0 Å². The molecular formula is C15H20N4O2. The van der Waals surface area contributed by atoms with Crippen molar-refractivity contribution in [1.82, 2.24) is 14.8 Å². The monoisotopic (exact) mass is 288 g/mol. The molecule has 2 rings (SSSR count). The fourth-order valence-electron chi connectivity index (χ4n) is 2.56. The van der Waals surface area contributed by atoms with E-state index in [-0.39, 0.29) is 11.9 Å². The number of nitriles is 1. The minimum absolute atomic E-state index is 0.0427. The Bertz CT molecular complexity index is 533. The molecule has 0 spiro atoms. The van der Waals surface area contributed by atoms with Gasteiger partial charge >= 0.3 is 0 Å². The third-order valence-electron chi connectivity index (χ3n) is 3.81. The Labute approximate surface area is 124 Å². The number of ether oxygens (including phenoxy) is 1. The SMILES string of the molecule is CCC(C#N)N1CCN(C(=O)c2ccncc2OC)CC1. The average molecular weight is 288 g/mol. The van der Waals surface area contributed by atoms with Crippen molar-refractivity contribution in [1.29, 1.82) is 5.26 Å². The maximum atomic E-state index is 12.5. The van der Waals surface area contributed by atoms with Crippen molar-refractivity contribution in [3.05, 3.63) is 24.0 Å². The third kappa shape index (κ3) is 3.31. The molecule has 1 fully saturated rings. The van der Waals surface area contributed by atoms with Gasteiger partial charge in [0.25, 0.3) is 5.91 Å². The number of hydrogen-bond acceptors (Lipinski definition) is 5. The number of rotatable bonds is 4. The van der Waals surface area contributed by atoms with E-state index in [1.54, 1.807) is 23.4 Å². The Morgan fingerprint density at radius 1 is 1.48 bits per heavy atom. The van der Waals surface area contributed by atoms with E-state index in [1.165, 1.54) is 7.11 Å². The first-order valence-corrected chi connectivity index (χ1v) is 7.12. The number of carbonyl (C=O) groups is 1. The molecule has 1 aliphatic heterocycles. The quantitative estimate of drug-likeness (QED) is 0.831. The second kappa shape index (κ2) is 7.04. The number of aromatic nitrogens is 1. The summed E-state index contributed by atoms with van der Waals surface area (Å²) < 4.78 is 5.19. The molecular weight excluding hydrogens is 268 g/mol. The van der Waals surface area contributed by atoms with Gasteiger partial charge in [-0.15, -0.1) is 0 Å². The van der Waals surface area contributed by atoms with Crippen LogP contribution in [0.2, 0.25) is 0 Å². The minimum Gasteiger partial charge on any atom is -0.494 e. The highest BCUT2D eigenvalue weighted by atomic mass is 16.5. The molecule has 112 valence electrons. The predicted octanol–water partition coefficient (Wildman–Crippen LogP) is 1.15. The van der Waals surface area contributed by atoms with Gasteiger partial charge in [-0.05, 0) is 12.5 Å². The molecule has 21 heavy (non-hydrogen) atoms. The standard InChI is InChI=1S/C15H20N4O2/c1-3-12(10-16)18-6-8-19(9-7-18)15(20)13-4-5-17-11-14(13)21-2/h4-5,11-12H,3,6-9H2,1-2H3. The highest BCUT2D eigenvalue weighted by Gasteiger charge is 2.27. The van der Waals surface area contributed by atoms with Crippen molar-refractivity contribution in [3.63, 3.8) is 0 Å². The molecule has 0 N–H and O–H groups in total. The molecule has 2 heterocycles. The lowest BCUT2D eigenvalue weighted by atomic mass is 10.1. The van der Waals surface area contributed by atoms with E-state index in [0.29, 0.717) is 24.4 Å². The van der Waals surface area contributed by atoms with Gasteiger partial charge < -0.3 is 9.64 Å². The van der Waals surface area contributed by atoms with Crippen LogP contribution in [0.25, 0.3) is 0 Å². The molecule has 1 amide bonds. The Hall–Kier alpha value is -2.13. The van der Waals surface area contributed by atoms with Crippen molar-refractivity contribution in [2.75, 3.05) is 33.3 Å².